The molecule has 2 heterocycles. The van der Waals surface area contributed by atoms with Crippen molar-refractivity contribution in [1.82, 2.24) is 4.57 Å². The van der Waals surface area contributed by atoms with E-state index in [1.807, 2.05) is 24.3 Å². The van der Waals surface area contributed by atoms with E-state index >= 15 is 0 Å². The molecule has 0 fully saturated rings. The number of rotatable bonds is 5. The maximum atomic E-state index is 13.5. The summed E-state index contributed by atoms with van der Waals surface area (Å²) in [6.07, 6.45) is 1.78. The molecule has 1 aliphatic heterocycles. The van der Waals surface area contributed by atoms with Gasteiger partial charge >= 0.3 is 5.97 Å². The van der Waals surface area contributed by atoms with Crippen molar-refractivity contribution in [2.24, 2.45) is 4.99 Å². The predicted octanol–water partition coefficient (Wildman–Crippen LogP) is 3.46. The summed E-state index contributed by atoms with van der Waals surface area (Å²) < 4.78 is 12.6. The van der Waals surface area contributed by atoms with Gasteiger partial charge in [-0.25, -0.2) is 9.79 Å². The van der Waals surface area contributed by atoms with Crippen LogP contribution in [0.1, 0.15) is 31.0 Å². The van der Waals surface area contributed by atoms with Crippen molar-refractivity contribution in [1.29, 1.82) is 0 Å². The number of ether oxygens (including phenoxy) is 2. The van der Waals surface area contributed by atoms with Crippen LogP contribution in [0, 0.1) is 0 Å². The second kappa shape index (κ2) is 9.14. The zero-order chi connectivity index (χ0) is 22.8. The fraction of sp³-hybridized carbons (Fsp3) is 0.208. The van der Waals surface area contributed by atoms with Crippen molar-refractivity contribution in [3.8, 4) is 5.75 Å². The lowest BCUT2D eigenvalue weighted by Gasteiger charge is -2.24. The van der Waals surface area contributed by atoms with Crippen molar-refractivity contribution in [3.63, 3.8) is 0 Å². The van der Waals surface area contributed by atoms with E-state index in [9.17, 15) is 9.59 Å². The highest BCUT2D eigenvalue weighted by atomic mass is 35.5. The third-order valence-electron chi connectivity index (χ3n) is 5.10. The van der Waals surface area contributed by atoms with Crippen LogP contribution in [0.25, 0.3) is 6.08 Å². The number of carbonyl (C=O) groups excluding carboxylic acids is 1. The predicted molar refractivity (Wildman–Crippen MR) is 125 cm³/mol. The number of aromatic nitrogens is 1. The van der Waals surface area contributed by atoms with Gasteiger partial charge < -0.3 is 9.47 Å². The summed E-state index contributed by atoms with van der Waals surface area (Å²) >= 11 is 7.37. The third kappa shape index (κ3) is 4.13. The number of esters is 1. The number of carbonyl (C=O) groups is 1. The Kier molecular flexibility index (Phi) is 6.30. The Hall–Kier alpha value is -3.16. The van der Waals surface area contributed by atoms with Crippen molar-refractivity contribution >= 4 is 35.0 Å². The quantitative estimate of drug-likeness (QED) is 0.538. The summed E-state index contributed by atoms with van der Waals surface area (Å²) in [4.78, 5) is 31.5. The number of methoxy groups -OCH3 is 1. The Morgan fingerprint density at radius 1 is 1.25 bits per heavy atom. The molecule has 1 aromatic heterocycles. The number of benzene rings is 2. The monoisotopic (exact) mass is 468 g/mol. The molecule has 2 aromatic carbocycles. The second-order valence-electron chi connectivity index (χ2n) is 7.13. The third-order valence-corrected chi connectivity index (χ3v) is 6.31. The molecule has 1 atom stereocenters. The lowest BCUT2D eigenvalue weighted by Crippen LogP contribution is -2.39. The van der Waals surface area contributed by atoms with Gasteiger partial charge in [0.05, 0.1) is 35.6 Å². The highest BCUT2D eigenvalue weighted by Crippen LogP contribution is 2.31. The van der Waals surface area contributed by atoms with Crippen LogP contribution in [0.15, 0.2) is 69.6 Å². The van der Waals surface area contributed by atoms with Crippen LogP contribution < -0.4 is 19.6 Å². The molecule has 164 valence electrons. The SMILES string of the molecule is CCOC(=O)C1=C(C)N=c2s/c(=C\c3cccc(Cl)c3)c(=O)n2C1c1ccc(OC)cc1. The van der Waals surface area contributed by atoms with Gasteiger partial charge in [0.25, 0.3) is 5.56 Å². The van der Waals surface area contributed by atoms with Crippen LogP contribution in [0.2, 0.25) is 5.02 Å². The van der Waals surface area contributed by atoms with E-state index in [0.717, 1.165) is 11.1 Å². The molecular formula is C24H21ClN2O4S. The fourth-order valence-corrected chi connectivity index (χ4v) is 4.89. The molecule has 0 saturated heterocycles. The number of thiazole rings is 1. The highest BCUT2D eigenvalue weighted by molar-refractivity contribution is 7.07. The molecule has 0 bridgehead atoms. The average Bonchev–Trinajstić information content (AvgIpc) is 3.07. The molecule has 0 aliphatic carbocycles. The van der Waals surface area contributed by atoms with Crippen molar-refractivity contribution in [2.75, 3.05) is 13.7 Å². The van der Waals surface area contributed by atoms with Crippen molar-refractivity contribution in [3.05, 3.63) is 95.6 Å². The number of hydrogen-bond acceptors (Lipinski definition) is 6. The number of fused-ring (bicyclic) bond motifs is 1. The first kappa shape index (κ1) is 22.0. The van der Waals surface area contributed by atoms with Crippen LogP contribution in [0.3, 0.4) is 0 Å². The molecule has 0 radical (unpaired) electrons. The molecule has 4 rings (SSSR count). The van der Waals surface area contributed by atoms with Crippen LogP contribution in [-0.4, -0.2) is 24.3 Å². The molecule has 3 aromatic rings. The molecule has 32 heavy (non-hydrogen) atoms. The Labute approximate surface area is 193 Å². The van der Waals surface area contributed by atoms with Crippen LogP contribution >= 0.6 is 22.9 Å². The minimum absolute atomic E-state index is 0.226. The first-order valence-electron chi connectivity index (χ1n) is 10.0. The Bertz CT molecular complexity index is 1390. The van der Waals surface area contributed by atoms with Gasteiger partial charge in [0.15, 0.2) is 4.80 Å². The molecule has 0 N–H and O–H groups in total. The van der Waals surface area contributed by atoms with Gasteiger partial charge in [-0.2, -0.15) is 0 Å². The van der Waals surface area contributed by atoms with E-state index < -0.39 is 12.0 Å². The van der Waals surface area contributed by atoms with Crippen LogP contribution in [0.5, 0.6) is 5.75 Å². The van der Waals surface area contributed by atoms with E-state index in [-0.39, 0.29) is 12.2 Å². The number of hydrogen-bond donors (Lipinski definition) is 0. The minimum atomic E-state index is -0.655. The van der Waals surface area contributed by atoms with E-state index in [1.165, 1.54) is 11.3 Å². The Morgan fingerprint density at radius 2 is 2.00 bits per heavy atom. The normalized spacial score (nSPS) is 15.9. The Morgan fingerprint density at radius 3 is 2.66 bits per heavy atom. The van der Waals surface area contributed by atoms with Crippen molar-refractivity contribution in [2.45, 2.75) is 19.9 Å². The summed E-state index contributed by atoms with van der Waals surface area (Å²) in [6, 6.07) is 13.9. The summed E-state index contributed by atoms with van der Waals surface area (Å²) in [5, 5.41) is 0.586. The van der Waals surface area contributed by atoms with Crippen molar-refractivity contribution < 1.29 is 14.3 Å². The maximum absolute atomic E-state index is 13.5. The largest absolute Gasteiger partial charge is 0.497 e. The lowest BCUT2D eigenvalue weighted by molar-refractivity contribution is -0.139. The summed E-state index contributed by atoms with van der Waals surface area (Å²) in [5.74, 6) is 0.194. The molecule has 6 nitrogen and oxygen atoms in total. The second-order valence-corrected chi connectivity index (χ2v) is 8.58. The topological polar surface area (TPSA) is 69.9 Å². The lowest BCUT2D eigenvalue weighted by atomic mass is 9.96. The Balaban J connectivity index is 1.94. The zero-order valence-corrected chi connectivity index (χ0v) is 19.4. The van der Waals surface area contributed by atoms with Gasteiger partial charge in [-0.1, -0.05) is 47.2 Å². The van der Waals surface area contributed by atoms with E-state index in [0.29, 0.717) is 31.4 Å². The molecular weight excluding hydrogens is 448 g/mol. The molecule has 1 aliphatic rings. The summed E-state index contributed by atoms with van der Waals surface area (Å²) in [7, 11) is 1.59. The average molecular weight is 469 g/mol. The van der Waals surface area contributed by atoms with Gasteiger partial charge in [-0.3, -0.25) is 9.36 Å². The highest BCUT2D eigenvalue weighted by Gasteiger charge is 2.33. The number of allylic oxidation sites excluding steroid dienone is 1. The van der Waals surface area contributed by atoms with Gasteiger partial charge in [-0.15, -0.1) is 0 Å². The first-order chi connectivity index (χ1) is 15.4. The smallest absolute Gasteiger partial charge is 0.338 e. The molecule has 1 unspecified atom stereocenters. The minimum Gasteiger partial charge on any atom is -0.497 e. The van der Waals surface area contributed by atoms with E-state index in [1.54, 1.807) is 55.9 Å². The van der Waals surface area contributed by atoms with Crippen LogP contribution in [0.4, 0.5) is 0 Å². The zero-order valence-electron chi connectivity index (χ0n) is 17.8. The van der Waals surface area contributed by atoms with E-state index in [4.69, 9.17) is 21.1 Å². The summed E-state index contributed by atoms with van der Waals surface area (Å²) in [6.45, 7) is 3.73. The van der Waals surface area contributed by atoms with Gasteiger partial charge in [0.2, 0.25) is 0 Å². The molecule has 0 amide bonds. The maximum Gasteiger partial charge on any atom is 0.338 e. The van der Waals surface area contributed by atoms with E-state index in [2.05, 4.69) is 4.99 Å². The number of nitrogens with zero attached hydrogens (tertiary/aromatic N) is 2. The van der Waals surface area contributed by atoms with Crippen LogP contribution in [-0.2, 0) is 9.53 Å². The number of halogens is 1. The van der Waals surface area contributed by atoms with Gasteiger partial charge in [-0.05, 0) is 55.3 Å². The molecule has 8 heteroatoms. The summed E-state index contributed by atoms with van der Waals surface area (Å²) in [5.41, 5.74) is 2.21. The van der Waals surface area contributed by atoms with Gasteiger partial charge in [0, 0.05) is 5.02 Å². The molecule has 0 saturated carbocycles. The standard InChI is InChI=1S/C24H21ClN2O4S/c1-4-31-23(29)20-14(2)26-24-27(21(20)16-8-10-18(30-3)11-9-16)22(28)19(32-24)13-15-6-5-7-17(25)12-15/h5-13,21H,4H2,1-3H3/b19-13-. The first-order valence-corrected chi connectivity index (χ1v) is 11.2. The van der Waals surface area contributed by atoms with Gasteiger partial charge in [0.1, 0.15) is 5.75 Å². The fourth-order valence-electron chi connectivity index (χ4n) is 3.64. The molecule has 0 spiro atoms.